The molecule has 1 N–H and O–H groups in total. The van der Waals surface area contributed by atoms with Gasteiger partial charge < -0.3 is 9.84 Å². The van der Waals surface area contributed by atoms with E-state index in [1.807, 2.05) is 0 Å². The van der Waals surface area contributed by atoms with Crippen molar-refractivity contribution in [1.82, 2.24) is 0 Å². The summed E-state index contributed by atoms with van der Waals surface area (Å²) in [7, 11) is -2.47. The Bertz CT molecular complexity index is 495. The molecular weight excluding hydrogens is 236 g/mol. The highest BCUT2D eigenvalue weighted by Gasteiger charge is 2.31. The van der Waals surface area contributed by atoms with E-state index in [1.54, 1.807) is 6.07 Å². The van der Waals surface area contributed by atoms with Gasteiger partial charge in [-0.15, -0.1) is 0 Å². The van der Waals surface area contributed by atoms with Crippen molar-refractivity contribution in [3.63, 3.8) is 0 Å². The lowest BCUT2D eigenvalue weighted by atomic mass is 10.1. The Hall–Kier alpha value is -1.31. The van der Waals surface area contributed by atoms with Gasteiger partial charge >= 0.3 is 10.4 Å². The fraction of sp³-hybridized carbons (Fsp3) is 0.333. The van der Waals surface area contributed by atoms with Gasteiger partial charge in [0.15, 0.2) is 11.5 Å². The smallest absolute Gasteiger partial charge is 0.400 e. The van der Waals surface area contributed by atoms with E-state index in [1.165, 1.54) is 19.2 Å². The molecule has 0 amide bonds. The molecule has 1 atom stereocenters. The molecule has 88 valence electrons. The van der Waals surface area contributed by atoms with E-state index in [0.717, 1.165) is 0 Å². The third kappa shape index (κ3) is 2.11. The zero-order chi connectivity index (χ0) is 11.8. The Morgan fingerprint density at radius 1 is 1.50 bits per heavy atom. The number of aromatic hydroxyl groups is 1. The number of methoxy groups -OCH3 is 1. The molecule has 1 saturated heterocycles. The molecular formula is C9H10O6S. The first-order valence-electron chi connectivity index (χ1n) is 4.46. The maximum absolute atomic E-state index is 10.9. The van der Waals surface area contributed by atoms with E-state index in [9.17, 15) is 13.5 Å². The highest BCUT2D eigenvalue weighted by molar-refractivity contribution is 7.82. The van der Waals surface area contributed by atoms with Crippen LogP contribution in [0.1, 0.15) is 11.7 Å². The number of benzene rings is 1. The van der Waals surface area contributed by atoms with Gasteiger partial charge in [0.05, 0.1) is 7.11 Å². The molecule has 0 aromatic heterocycles. The molecule has 0 aliphatic carbocycles. The van der Waals surface area contributed by atoms with Crippen LogP contribution in [0.15, 0.2) is 18.2 Å². The summed E-state index contributed by atoms with van der Waals surface area (Å²) in [6.07, 6.45) is -0.695. The minimum Gasteiger partial charge on any atom is -0.504 e. The average Bonchev–Trinajstić information content (AvgIpc) is 2.59. The van der Waals surface area contributed by atoms with Crippen molar-refractivity contribution in [2.75, 3.05) is 13.7 Å². The van der Waals surface area contributed by atoms with Gasteiger partial charge in [-0.05, 0) is 17.7 Å². The van der Waals surface area contributed by atoms with Crippen LogP contribution < -0.4 is 4.74 Å². The SMILES string of the molecule is COc1cc(C2COS(=O)(=O)O2)ccc1O. The quantitative estimate of drug-likeness (QED) is 0.828. The maximum atomic E-state index is 10.9. The van der Waals surface area contributed by atoms with E-state index in [-0.39, 0.29) is 18.1 Å². The molecule has 0 spiro atoms. The Kier molecular flexibility index (Phi) is 2.75. The Morgan fingerprint density at radius 3 is 2.81 bits per heavy atom. The molecule has 0 bridgehead atoms. The summed E-state index contributed by atoms with van der Waals surface area (Å²) in [5.41, 5.74) is 0.565. The normalized spacial score (nSPS) is 23.2. The van der Waals surface area contributed by atoms with Crippen molar-refractivity contribution in [1.29, 1.82) is 0 Å². The summed E-state index contributed by atoms with van der Waals surface area (Å²) < 4.78 is 35.9. The highest BCUT2D eigenvalue weighted by Crippen LogP contribution is 2.33. The largest absolute Gasteiger partial charge is 0.504 e. The summed E-state index contributed by atoms with van der Waals surface area (Å²) in [6, 6.07) is 4.46. The maximum Gasteiger partial charge on any atom is 0.400 e. The number of phenols is 1. The van der Waals surface area contributed by atoms with Crippen LogP contribution in [0.2, 0.25) is 0 Å². The number of ether oxygens (including phenoxy) is 1. The number of rotatable bonds is 2. The van der Waals surface area contributed by atoms with Crippen molar-refractivity contribution in [3.05, 3.63) is 23.8 Å². The molecule has 16 heavy (non-hydrogen) atoms. The Balaban J connectivity index is 2.29. The second-order valence-corrected chi connectivity index (χ2v) is 4.45. The van der Waals surface area contributed by atoms with Crippen LogP contribution in [-0.2, 0) is 18.8 Å². The first kappa shape index (κ1) is 11.2. The summed E-state index contributed by atoms with van der Waals surface area (Å²) in [5, 5.41) is 9.37. The van der Waals surface area contributed by atoms with Crippen molar-refractivity contribution >= 4 is 10.4 Å². The number of hydrogen-bond donors (Lipinski definition) is 1. The van der Waals surface area contributed by atoms with Gasteiger partial charge in [-0.3, -0.25) is 0 Å². The summed E-state index contributed by atoms with van der Waals surface area (Å²) in [6.45, 7) is -0.0732. The molecule has 1 aliphatic rings. The lowest BCUT2D eigenvalue weighted by Gasteiger charge is -2.09. The Morgan fingerprint density at radius 2 is 2.25 bits per heavy atom. The van der Waals surface area contributed by atoms with Crippen LogP contribution in [0, 0.1) is 0 Å². The minimum atomic E-state index is -3.88. The second-order valence-electron chi connectivity index (χ2n) is 3.21. The fourth-order valence-electron chi connectivity index (χ4n) is 1.39. The van der Waals surface area contributed by atoms with E-state index in [4.69, 9.17) is 4.74 Å². The minimum absolute atomic E-state index is 0.0203. The zero-order valence-corrected chi connectivity index (χ0v) is 9.23. The van der Waals surface area contributed by atoms with Crippen molar-refractivity contribution in [2.24, 2.45) is 0 Å². The molecule has 1 heterocycles. The molecule has 0 radical (unpaired) electrons. The molecule has 1 aromatic rings. The lowest BCUT2D eigenvalue weighted by Crippen LogP contribution is -2.01. The molecule has 1 unspecified atom stereocenters. The van der Waals surface area contributed by atoms with E-state index >= 15 is 0 Å². The molecule has 6 nitrogen and oxygen atoms in total. The molecule has 1 aromatic carbocycles. The molecule has 1 fully saturated rings. The van der Waals surface area contributed by atoms with Crippen LogP contribution in [0.3, 0.4) is 0 Å². The van der Waals surface area contributed by atoms with Gasteiger partial charge in [0.25, 0.3) is 0 Å². The van der Waals surface area contributed by atoms with Gasteiger partial charge in [0.2, 0.25) is 0 Å². The predicted molar refractivity (Wildman–Crippen MR) is 53.4 cm³/mol. The highest BCUT2D eigenvalue weighted by atomic mass is 32.3. The van der Waals surface area contributed by atoms with Crippen LogP contribution in [-0.4, -0.2) is 27.2 Å². The Labute approximate surface area is 92.7 Å². The monoisotopic (exact) mass is 246 g/mol. The van der Waals surface area contributed by atoms with Crippen LogP contribution in [0.4, 0.5) is 0 Å². The van der Waals surface area contributed by atoms with Crippen molar-refractivity contribution in [3.8, 4) is 11.5 Å². The van der Waals surface area contributed by atoms with E-state index in [0.29, 0.717) is 5.56 Å². The first-order chi connectivity index (χ1) is 7.52. The first-order valence-corrected chi connectivity index (χ1v) is 5.80. The van der Waals surface area contributed by atoms with Crippen LogP contribution in [0.25, 0.3) is 0 Å². The van der Waals surface area contributed by atoms with Crippen LogP contribution >= 0.6 is 0 Å². The molecule has 1 aliphatic heterocycles. The van der Waals surface area contributed by atoms with Gasteiger partial charge in [0.1, 0.15) is 12.7 Å². The number of hydrogen-bond acceptors (Lipinski definition) is 6. The predicted octanol–water partition coefficient (Wildman–Crippen LogP) is 0.733. The average molecular weight is 246 g/mol. The lowest BCUT2D eigenvalue weighted by molar-refractivity contribution is 0.240. The molecule has 2 rings (SSSR count). The van der Waals surface area contributed by atoms with Crippen LogP contribution in [0.5, 0.6) is 11.5 Å². The van der Waals surface area contributed by atoms with Gasteiger partial charge in [-0.2, -0.15) is 8.42 Å². The molecule has 7 heteroatoms. The summed E-state index contributed by atoms with van der Waals surface area (Å²) in [5.74, 6) is 0.235. The topological polar surface area (TPSA) is 82.1 Å². The summed E-state index contributed by atoms with van der Waals surface area (Å²) >= 11 is 0. The van der Waals surface area contributed by atoms with Gasteiger partial charge in [-0.25, -0.2) is 8.37 Å². The van der Waals surface area contributed by atoms with E-state index < -0.39 is 16.5 Å². The third-order valence-electron chi connectivity index (χ3n) is 2.17. The van der Waals surface area contributed by atoms with Gasteiger partial charge in [-0.1, -0.05) is 6.07 Å². The zero-order valence-electron chi connectivity index (χ0n) is 8.41. The van der Waals surface area contributed by atoms with E-state index in [2.05, 4.69) is 8.37 Å². The second kappa shape index (κ2) is 3.93. The number of phenolic OH excluding ortho intramolecular Hbond substituents is 1. The van der Waals surface area contributed by atoms with Crippen molar-refractivity contribution in [2.45, 2.75) is 6.10 Å². The fourth-order valence-corrected chi connectivity index (χ4v) is 2.19. The third-order valence-corrected chi connectivity index (χ3v) is 3.07. The standard InChI is InChI=1S/C9H10O6S/c1-13-8-4-6(2-3-7(8)10)9-5-14-16(11,12)15-9/h2-4,9-10H,5H2,1H3. The summed E-state index contributed by atoms with van der Waals surface area (Å²) in [4.78, 5) is 0. The van der Waals surface area contributed by atoms with Gasteiger partial charge in [0, 0.05) is 0 Å². The van der Waals surface area contributed by atoms with Crippen molar-refractivity contribution < 1.29 is 26.6 Å². The molecule has 0 saturated carbocycles.